The first kappa shape index (κ1) is 16.2. The van der Waals surface area contributed by atoms with Gasteiger partial charge in [0.2, 0.25) is 0 Å². The first-order valence-electron chi connectivity index (χ1n) is 8.93. The highest BCUT2D eigenvalue weighted by Gasteiger charge is 2.25. The second-order valence-corrected chi connectivity index (χ2v) is 7.33. The summed E-state index contributed by atoms with van der Waals surface area (Å²) in [6.45, 7) is 10.1. The highest BCUT2D eigenvalue weighted by atomic mass is 16.2. The molecule has 3 rings (SSSR count). The summed E-state index contributed by atoms with van der Waals surface area (Å²) in [7, 11) is 0. The Labute approximate surface area is 139 Å². The van der Waals surface area contributed by atoms with Gasteiger partial charge in [-0.3, -0.25) is 4.79 Å². The molecule has 0 N–H and O–H groups in total. The molecule has 0 radical (unpaired) electrons. The molecule has 1 atom stereocenters. The van der Waals surface area contributed by atoms with Crippen molar-refractivity contribution >= 4 is 11.7 Å². The van der Waals surface area contributed by atoms with E-state index in [1.807, 2.05) is 17.9 Å². The molecule has 0 saturated carbocycles. The van der Waals surface area contributed by atoms with Crippen LogP contribution >= 0.6 is 0 Å². The monoisotopic (exact) mass is 316 g/mol. The Bertz CT molecular complexity index is 566. The summed E-state index contributed by atoms with van der Waals surface area (Å²) in [5, 5.41) is 0. The second-order valence-electron chi connectivity index (χ2n) is 7.33. The fourth-order valence-electron chi connectivity index (χ4n) is 3.60. The third-order valence-electron chi connectivity index (χ3n) is 5.10. The van der Waals surface area contributed by atoms with Crippen LogP contribution in [0.1, 0.15) is 55.8 Å². The molecule has 1 aromatic rings. The zero-order chi connectivity index (χ0) is 16.4. The molecule has 2 fully saturated rings. The van der Waals surface area contributed by atoms with E-state index in [4.69, 9.17) is 0 Å². The van der Waals surface area contributed by atoms with Gasteiger partial charge in [0.25, 0.3) is 5.91 Å². The molecule has 1 unspecified atom stereocenters. The maximum Gasteiger partial charge on any atom is 0.272 e. The number of hydrogen-bond donors (Lipinski definition) is 0. The van der Waals surface area contributed by atoms with E-state index in [0.717, 1.165) is 44.3 Å². The van der Waals surface area contributed by atoms with E-state index in [1.54, 1.807) is 0 Å². The van der Waals surface area contributed by atoms with Gasteiger partial charge in [0.15, 0.2) is 0 Å². The van der Waals surface area contributed by atoms with Crippen molar-refractivity contribution in [1.29, 1.82) is 0 Å². The van der Waals surface area contributed by atoms with E-state index >= 15 is 0 Å². The zero-order valence-corrected chi connectivity index (χ0v) is 14.6. The lowest BCUT2D eigenvalue weighted by Crippen LogP contribution is -2.40. The number of anilines is 1. The molecule has 126 valence electrons. The van der Waals surface area contributed by atoms with E-state index in [1.165, 1.54) is 19.3 Å². The van der Waals surface area contributed by atoms with Crippen LogP contribution in [-0.4, -0.2) is 47.0 Å². The van der Waals surface area contributed by atoms with Crippen molar-refractivity contribution in [2.75, 3.05) is 31.1 Å². The lowest BCUT2D eigenvalue weighted by molar-refractivity contribution is 0.0676. The van der Waals surface area contributed by atoms with Gasteiger partial charge in [-0.15, -0.1) is 0 Å². The molecule has 2 aliphatic heterocycles. The molecule has 1 aromatic heterocycles. The maximum atomic E-state index is 12.8. The Kier molecular flexibility index (Phi) is 4.83. The summed E-state index contributed by atoms with van der Waals surface area (Å²) >= 11 is 0. The molecule has 0 aromatic carbocycles. The van der Waals surface area contributed by atoms with Crippen LogP contribution in [0.15, 0.2) is 6.07 Å². The van der Waals surface area contributed by atoms with Crippen molar-refractivity contribution in [2.24, 2.45) is 11.8 Å². The zero-order valence-electron chi connectivity index (χ0n) is 14.6. The number of aryl methyl sites for hydroxylation is 1. The summed E-state index contributed by atoms with van der Waals surface area (Å²) in [4.78, 5) is 26.0. The van der Waals surface area contributed by atoms with E-state index in [2.05, 4.69) is 28.7 Å². The fourth-order valence-corrected chi connectivity index (χ4v) is 3.60. The van der Waals surface area contributed by atoms with Gasteiger partial charge in [-0.05, 0) is 44.4 Å². The molecule has 3 heterocycles. The van der Waals surface area contributed by atoms with E-state index in [0.29, 0.717) is 17.4 Å². The molecule has 2 saturated heterocycles. The van der Waals surface area contributed by atoms with Crippen LogP contribution in [0.25, 0.3) is 0 Å². The van der Waals surface area contributed by atoms with Gasteiger partial charge >= 0.3 is 0 Å². The maximum absolute atomic E-state index is 12.8. The van der Waals surface area contributed by atoms with Gasteiger partial charge in [-0.25, -0.2) is 9.97 Å². The number of carbonyl (C=O) groups excluding carboxylic acids is 1. The predicted molar refractivity (Wildman–Crippen MR) is 91.7 cm³/mol. The molecule has 5 nitrogen and oxygen atoms in total. The van der Waals surface area contributed by atoms with Crippen LogP contribution in [0, 0.1) is 18.8 Å². The standard InChI is InChI=1S/C18H28N4O/c1-13-6-9-21(10-7-13)17-11-16(19-15(3)20-17)18(23)22-8-4-5-14(2)12-22/h11,13-14H,4-10,12H2,1-3H3. The van der Waals surface area contributed by atoms with Crippen molar-refractivity contribution in [2.45, 2.75) is 46.5 Å². The van der Waals surface area contributed by atoms with Gasteiger partial charge in [0, 0.05) is 32.2 Å². The number of aromatic nitrogens is 2. The number of nitrogens with zero attached hydrogens (tertiary/aromatic N) is 4. The number of carbonyl (C=O) groups is 1. The molecule has 23 heavy (non-hydrogen) atoms. The van der Waals surface area contributed by atoms with Crippen molar-refractivity contribution < 1.29 is 4.79 Å². The third kappa shape index (κ3) is 3.82. The largest absolute Gasteiger partial charge is 0.356 e. The van der Waals surface area contributed by atoms with Crippen molar-refractivity contribution in [3.63, 3.8) is 0 Å². The van der Waals surface area contributed by atoms with Crippen molar-refractivity contribution in [1.82, 2.24) is 14.9 Å². The Balaban J connectivity index is 1.78. The molecule has 5 heteroatoms. The first-order valence-corrected chi connectivity index (χ1v) is 8.93. The Morgan fingerprint density at radius 1 is 1.09 bits per heavy atom. The smallest absolute Gasteiger partial charge is 0.272 e. The van der Waals surface area contributed by atoms with Gasteiger partial charge in [-0.2, -0.15) is 0 Å². The minimum absolute atomic E-state index is 0.0636. The fraction of sp³-hybridized carbons (Fsp3) is 0.722. The van der Waals surface area contributed by atoms with E-state index in [-0.39, 0.29) is 5.91 Å². The summed E-state index contributed by atoms with van der Waals surface area (Å²) in [5.74, 6) is 3.03. The SMILES string of the molecule is Cc1nc(C(=O)N2CCCC(C)C2)cc(N2CCC(C)CC2)n1. The third-order valence-corrected chi connectivity index (χ3v) is 5.10. The minimum Gasteiger partial charge on any atom is -0.356 e. The number of amides is 1. The van der Waals surface area contributed by atoms with E-state index in [9.17, 15) is 4.79 Å². The van der Waals surface area contributed by atoms with Crippen LogP contribution in [-0.2, 0) is 0 Å². The van der Waals surface area contributed by atoms with Crippen LogP contribution in [0.3, 0.4) is 0 Å². The molecule has 0 bridgehead atoms. The van der Waals surface area contributed by atoms with Crippen LogP contribution in [0.2, 0.25) is 0 Å². The molecular weight excluding hydrogens is 288 g/mol. The number of piperidine rings is 2. The highest BCUT2D eigenvalue weighted by molar-refractivity contribution is 5.93. The molecule has 2 aliphatic rings. The van der Waals surface area contributed by atoms with Gasteiger partial charge in [0.05, 0.1) is 0 Å². The molecule has 1 amide bonds. The Morgan fingerprint density at radius 2 is 1.83 bits per heavy atom. The number of rotatable bonds is 2. The van der Waals surface area contributed by atoms with Gasteiger partial charge in [0.1, 0.15) is 17.3 Å². The summed E-state index contributed by atoms with van der Waals surface area (Å²) < 4.78 is 0. The molecule has 0 spiro atoms. The quantitative estimate of drug-likeness (QED) is 0.842. The van der Waals surface area contributed by atoms with Crippen LogP contribution in [0.5, 0.6) is 0 Å². The average Bonchev–Trinajstić information content (AvgIpc) is 2.54. The van der Waals surface area contributed by atoms with Gasteiger partial charge < -0.3 is 9.80 Å². The van der Waals surface area contributed by atoms with Crippen molar-refractivity contribution in [3.05, 3.63) is 17.6 Å². The minimum atomic E-state index is 0.0636. The average molecular weight is 316 g/mol. The lowest BCUT2D eigenvalue weighted by Gasteiger charge is -2.32. The van der Waals surface area contributed by atoms with Crippen molar-refractivity contribution in [3.8, 4) is 0 Å². The van der Waals surface area contributed by atoms with E-state index < -0.39 is 0 Å². The lowest BCUT2D eigenvalue weighted by atomic mass is 9.99. The summed E-state index contributed by atoms with van der Waals surface area (Å²) in [5.41, 5.74) is 0.556. The predicted octanol–water partition coefficient (Wildman–Crippen LogP) is 2.89. The normalized spacial score (nSPS) is 23.2. The molecular formula is C18H28N4O. The summed E-state index contributed by atoms with van der Waals surface area (Å²) in [6.07, 6.45) is 4.68. The van der Waals surface area contributed by atoms with Crippen LogP contribution in [0.4, 0.5) is 5.82 Å². The topological polar surface area (TPSA) is 49.3 Å². The second kappa shape index (κ2) is 6.85. The van der Waals surface area contributed by atoms with Crippen LogP contribution < -0.4 is 4.90 Å². The molecule has 0 aliphatic carbocycles. The number of likely N-dealkylation sites (tertiary alicyclic amines) is 1. The Hall–Kier alpha value is -1.65. The highest BCUT2D eigenvalue weighted by Crippen LogP contribution is 2.23. The number of hydrogen-bond acceptors (Lipinski definition) is 4. The summed E-state index contributed by atoms with van der Waals surface area (Å²) in [6, 6.07) is 1.89. The van der Waals surface area contributed by atoms with Gasteiger partial charge in [-0.1, -0.05) is 13.8 Å². The Morgan fingerprint density at radius 3 is 2.52 bits per heavy atom. The first-order chi connectivity index (χ1) is 11.0.